The molecule has 3 aromatic rings. The van der Waals surface area contributed by atoms with Crippen LogP contribution in [-0.4, -0.2) is 46.1 Å². The van der Waals surface area contributed by atoms with E-state index in [2.05, 4.69) is 20.4 Å². The van der Waals surface area contributed by atoms with Crippen LogP contribution in [0.15, 0.2) is 42.9 Å². The van der Waals surface area contributed by atoms with E-state index in [1.165, 1.54) is 35.4 Å². The number of hydrogen-bond acceptors (Lipinski definition) is 6. The van der Waals surface area contributed by atoms with E-state index in [-0.39, 0.29) is 11.5 Å². The zero-order valence-electron chi connectivity index (χ0n) is 14.7. The summed E-state index contributed by atoms with van der Waals surface area (Å²) in [7, 11) is 0. The lowest BCUT2D eigenvalue weighted by molar-refractivity contribution is 0.122. The number of aromatic nitrogens is 4. The van der Waals surface area contributed by atoms with Crippen molar-refractivity contribution in [2.45, 2.75) is 6.43 Å². The Balaban J connectivity index is 1.59. The predicted molar refractivity (Wildman–Crippen MR) is 96.8 cm³/mol. The molecule has 2 aromatic heterocycles. The van der Waals surface area contributed by atoms with Gasteiger partial charge in [-0.2, -0.15) is 9.37 Å². The average Bonchev–Trinajstić information content (AvgIpc) is 3.17. The number of alkyl halides is 2. The molecule has 0 aliphatic carbocycles. The van der Waals surface area contributed by atoms with E-state index in [0.29, 0.717) is 43.4 Å². The SMILES string of the molecule is Fc1cc(-n2cnc(Nc3cc(C(F)F)cc(N4CCOCC4)c3)n2)ccn1. The van der Waals surface area contributed by atoms with Crippen molar-refractivity contribution in [2.75, 3.05) is 36.5 Å². The van der Waals surface area contributed by atoms with Crippen LogP contribution in [0.3, 0.4) is 0 Å². The molecule has 1 aliphatic heterocycles. The van der Waals surface area contributed by atoms with Crippen molar-refractivity contribution in [3.63, 3.8) is 0 Å². The Bertz CT molecular complexity index is 958. The first kappa shape index (κ1) is 18.2. The molecule has 7 nitrogen and oxygen atoms in total. The largest absolute Gasteiger partial charge is 0.378 e. The van der Waals surface area contributed by atoms with Crippen LogP contribution >= 0.6 is 0 Å². The molecular formula is C18H17F3N6O. The van der Waals surface area contributed by atoms with Crippen molar-refractivity contribution < 1.29 is 17.9 Å². The fourth-order valence-corrected chi connectivity index (χ4v) is 2.95. The number of morpholine rings is 1. The first-order chi connectivity index (χ1) is 13.6. The Labute approximate surface area is 158 Å². The number of halogens is 3. The molecule has 0 radical (unpaired) electrons. The van der Waals surface area contributed by atoms with Crippen molar-refractivity contribution in [3.8, 4) is 5.69 Å². The molecule has 1 N–H and O–H groups in total. The Kier molecular flexibility index (Phi) is 5.11. The zero-order chi connectivity index (χ0) is 19.5. The van der Waals surface area contributed by atoms with Gasteiger partial charge in [0, 0.05) is 42.3 Å². The Morgan fingerprint density at radius 3 is 2.61 bits per heavy atom. The van der Waals surface area contributed by atoms with Crippen molar-refractivity contribution >= 4 is 17.3 Å². The van der Waals surface area contributed by atoms with Crippen LogP contribution in [0.4, 0.5) is 30.5 Å². The Morgan fingerprint density at radius 2 is 1.86 bits per heavy atom. The smallest absolute Gasteiger partial charge is 0.263 e. The molecule has 0 spiro atoms. The van der Waals surface area contributed by atoms with E-state index >= 15 is 0 Å². The van der Waals surface area contributed by atoms with Gasteiger partial charge in [0.2, 0.25) is 11.9 Å². The highest BCUT2D eigenvalue weighted by Crippen LogP contribution is 2.30. The van der Waals surface area contributed by atoms with Gasteiger partial charge in [-0.25, -0.2) is 18.4 Å². The second kappa shape index (κ2) is 7.85. The molecule has 0 unspecified atom stereocenters. The van der Waals surface area contributed by atoms with Crippen molar-refractivity contribution in [3.05, 3.63) is 54.4 Å². The molecule has 10 heteroatoms. The summed E-state index contributed by atoms with van der Waals surface area (Å²) < 4.78 is 46.7. The fraction of sp³-hybridized carbons (Fsp3) is 0.278. The predicted octanol–water partition coefficient (Wildman–Crippen LogP) is 3.32. The van der Waals surface area contributed by atoms with E-state index in [1.807, 2.05) is 4.90 Å². The van der Waals surface area contributed by atoms with E-state index < -0.39 is 12.4 Å². The maximum absolute atomic E-state index is 13.3. The molecule has 4 rings (SSSR count). The monoisotopic (exact) mass is 390 g/mol. The molecule has 1 aromatic carbocycles. The lowest BCUT2D eigenvalue weighted by Gasteiger charge is -2.29. The van der Waals surface area contributed by atoms with Gasteiger partial charge in [-0.1, -0.05) is 0 Å². The highest BCUT2D eigenvalue weighted by molar-refractivity contribution is 5.64. The maximum atomic E-state index is 13.3. The van der Waals surface area contributed by atoms with Crippen LogP contribution in [0.1, 0.15) is 12.0 Å². The van der Waals surface area contributed by atoms with Gasteiger partial charge in [-0.15, -0.1) is 5.10 Å². The van der Waals surface area contributed by atoms with Crippen LogP contribution < -0.4 is 10.2 Å². The number of pyridine rings is 1. The summed E-state index contributed by atoms with van der Waals surface area (Å²) in [5.74, 6) is -0.432. The van der Waals surface area contributed by atoms with Gasteiger partial charge in [0.25, 0.3) is 6.43 Å². The minimum atomic E-state index is -2.60. The molecule has 0 saturated carbocycles. The molecule has 28 heavy (non-hydrogen) atoms. The minimum Gasteiger partial charge on any atom is -0.378 e. The van der Waals surface area contributed by atoms with E-state index in [0.717, 1.165) is 0 Å². The summed E-state index contributed by atoms with van der Waals surface area (Å²) in [6.07, 6.45) is 0.115. The van der Waals surface area contributed by atoms with Gasteiger partial charge in [0.1, 0.15) is 6.33 Å². The van der Waals surface area contributed by atoms with Crippen LogP contribution in [-0.2, 0) is 4.74 Å². The Hall–Kier alpha value is -3.14. The summed E-state index contributed by atoms with van der Waals surface area (Å²) in [5, 5.41) is 7.15. The van der Waals surface area contributed by atoms with Crippen molar-refractivity contribution in [1.82, 2.24) is 19.7 Å². The third kappa shape index (κ3) is 4.06. The first-order valence-corrected chi connectivity index (χ1v) is 8.65. The van der Waals surface area contributed by atoms with Crippen LogP contribution in [0.2, 0.25) is 0 Å². The molecular weight excluding hydrogens is 373 g/mol. The topological polar surface area (TPSA) is 68.1 Å². The van der Waals surface area contributed by atoms with Crippen LogP contribution in [0.5, 0.6) is 0 Å². The second-order valence-corrected chi connectivity index (χ2v) is 6.19. The number of nitrogens with zero attached hydrogens (tertiary/aromatic N) is 5. The normalized spacial score (nSPS) is 14.5. The molecule has 1 saturated heterocycles. The molecule has 3 heterocycles. The quantitative estimate of drug-likeness (QED) is 0.674. The number of hydrogen-bond donors (Lipinski definition) is 1. The fourth-order valence-electron chi connectivity index (χ4n) is 2.95. The van der Waals surface area contributed by atoms with Crippen LogP contribution in [0.25, 0.3) is 5.69 Å². The van der Waals surface area contributed by atoms with Crippen molar-refractivity contribution in [1.29, 1.82) is 0 Å². The van der Waals surface area contributed by atoms with E-state index in [1.54, 1.807) is 12.1 Å². The van der Waals surface area contributed by atoms with Gasteiger partial charge < -0.3 is 15.0 Å². The third-order valence-corrected chi connectivity index (χ3v) is 4.29. The highest BCUT2D eigenvalue weighted by atomic mass is 19.3. The molecule has 1 fully saturated rings. The summed E-state index contributed by atoms with van der Waals surface area (Å²) >= 11 is 0. The van der Waals surface area contributed by atoms with Gasteiger partial charge in [-0.05, 0) is 24.3 Å². The number of anilines is 3. The molecule has 0 atom stereocenters. The lowest BCUT2D eigenvalue weighted by Crippen LogP contribution is -2.36. The number of ether oxygens (including phenoxy) is 1. The third-order valence-electron chi connectivity index (χ3n) is 4.29. The number of rotatable bonds is 5. The Morgan fingerprint density at radius 1 is 1.04 bits per heavy atom. The minimum absolute atomic E-state index is 0.0953. The van der Waals surface area contributed by atoms with Gasteiger partial charge in [-0.3, -0.25) is 0 Å². The van der Waals surface area contributed by atoms with Gasteiger partial charge in [0.15, 0.2) is 0 Å². The first-order valence-electron chi connectivity index (χ1n) is 8.65. The standard InChI is InChI=1S/C18H17F3N6O/c19-16-10-14(1-2-22-16)27-11-23-18(25-27)24-13-7-12(17(20)21)8-15(9-13)26-3-5-28-6-4-26/h1-2,7-11,17H,3-6H2,(H,24,25). The zero-order valence-corrected chi connectivity index (χ0v) is 14.7. The van der Waals surface area contributed by atoms with Gasteiger partial charge in [0.05, 0.1) is 18.9 Å². The number of benzene rings is 1. The molecule has 146 valence electrons. The molecule has 1 aliphatic rings. The molecule has 0 amide bonds. The van der Waals surface area contributed by atoms with Crippen LogP contribution in [0, 0.1) is 5.95 Å². The summed E-state index contributed by atoms with van der Waals surface area (Å²) in [6, 6.07) is 7.40. The molecule has 0 bridgehead atoms. The second-order valence-electron chi connectivity index (χ2n) is 6.19. The summed E-state index contributed by atoms with van der Waals surface area (Å²) in [4.78, 5) is 9.60. The van der Waals surface area contributed by atoms with Crippen molar-refractivity contribution in [2.24, 2.45) is 0 Å². The summed E-state index contributed by atoms with van der Waals surface area (Å²) in [6.45, 7) is 2.37. The lowest BCUT2D eigenvalue weighted by atomic mass is 10.1. The van der Waals surface area contributed by atoms with Gasteiger partial charge >= 0.3 is 0 Å². The van der Waals surface area contributed by atoms with E-state index in [9.17, 15) is 13.2 Å². The summed E-state index contributed by atoms with van der Waals surface area (Å²) in [5.41, 5.74) is 1.47. The average molecular weight is 390 g/mol. The number of nitrogens with one attached hydrogen (secondary N) is 1. The highest BCUT2D eigenvalue weighted by Gasteiger charge is 2.17. The maximum Gasteiger partial charge on any atom is 0.263 e. The van der Waals surface area contributed by atoms with E-state index in [4.69, 9.17) is 4.74 Å².